The fraction of sp³-hybridized carbons (Fsp3) is 0. The molecule has 17 heavy (non-hydrogen) atoms. The highest BCUT2D eigenvalue weighted by Crippen LogP contribution is 2.36. The van der Waals surface area contributed by atoms with Gasteiger partial charge in [-0.15, -0.1) is 22.7 Å². The molecule has 1 N–H and O–H groups in total. The maximum Gasteiger partial charge on any atom is 0.345 e. The molecule has 0 spiro atoms. The smallest absolute Gasteiger partial charge is 0.345 e. The van der Waals surface area contributed by atoms with E-state index in [1.807, 2.05) is 18.2 Å². The topological polar surface area (TPSA) is 37.3 Å². The molecule has 2 nitrogen and oxygen atoms in total. The van der Waals surface area contributed by atoms with E-state index in [0.29, 0.717) is 4.88 Å². The van der Waals surface area contributed by atoms with Gasteiger partial charge in [0.15, 0.2) is 0 Å². The van der Waals surface area contributed by atoms with Crippen LogP contribution in [0, 0.1) is 0 Å². The highest BCUT2D eigenvalue weighted by atomic mass is 32.1. The Morgan fingerprint density at radius 1 is 1.12 bits per heavy atom. The first-order valence-corrected chi connectivity index (χ1v) is 6.75. The van der Waals surface area contributed by atoms with E-state index >= 15 is 0 Å². The lowest BCUT2D eigenvalue weighted by atomic mass is 10.1. The van der Waals surface area contributed by atoms with Crippen LogP contribution in [0.4, 0.5) is 0 Å². The lowest BCUT2D eigenvalue weighted by molar-refractivity contribution is 0.0702. The molecule has 0 radical (unpaired) electrons. The van der Waals surface area contributed by atoms with Gasteiger partial charge < -0.3 is 5.11 Å². The van der Waals surface area contributed by atoms with Crippen molar-refractivity contribution in [1.29, 1.82) is 0 Å². The zero-order chi connectivity index (χ0) is 11.8. The number of aromatic carboxylic acids is 1. The van der Waals surface area contributed by atoms with Crippen LogP contribution in [-0.4, -0.2) is 11.1 Å². The van der Waals surface area contributed by atoms with Crippen LogP contribution in [0.25, 0.3) is 20.5 Å². The first-order valence-electron chi connectivity index (χ1n) is 5.05. The third-order valence-corrected chi connectivity index (χ3v) is 4.63. The summed E-state index contributed by atoms with van der Waals surface area (Å²) in [4.78, 5) is 12.3. The summed E-state index contributed by atoms with van der Waals surface area (Å²) in [5, 5.41) is 12.2. The SMILES string of the molecule is O=C(O)c1ccc(-c2cccc3ccsc23)s1. The van der Waals surface area contributed by atoms with Crippen molar-refractivity contribution in [3.05, 3.63) is 46.7 Å². The highest BCUT2D eigenvalue weighted by molar-refractivity contribution is 7.20. The predicted molar refractivity (Wildman–Crippen MR) is 72.1 cm³/mol. The Hall–Kier alpha value is -1.65. The Morgan fingerprint density at radius 2 is 2.00 bits per heavy atom. The molecule has 0 saturated carbocycles. The van der Waals surface area contributed by atoms with Crippen molar-refractivity contribution in [3.63, 3.8) is 0 Å². The van der Waals surface area contributed by atoms with Crippen molar-refractivity contribution in [3.8, 4) is 10.4 Å². The van der Waals surface area contributed by atoms with Crippen molar-refractivity contribution in [2.24, 2.45) is 0 Å². The molecule has 0 aliphatic rings. The summed E-state index contributed by atoms with van der Waals surface area (Å²) >= 11 is 3.01. The third-order valence-electron chi connectivity index (χ3n) is 2.56. The maximum absolute atomic E-state index is 10.9. The molecule has 0 aliphatic heterocycles. The summed E-state index contributed by atoms with van der Waals surface area (Å²) in [6.07, 6.45) is 0. The van der Waals surface area contributed by atoms with Crippen molar-refractivity contribution in [2.45, 2.75) is 0 Å². The minimum absolute atomic E-state index is 0.383. The predicted octanol–water partition coefficient (Wildman–Crippen LogP) is 4.33. The number of benzene rings is 1. The minimum Gasteiger partial charge on any atom is -0.477 e. The zero-order valence-corrected chi connectivity index (χ0v) is 10.3. The quantitative estimate of drug-likeness (QED) is 0.744. The van der Waals surface area contributed by atoms with E-state index in [1.54, 1.807) is 17.4 Å². The van der Waals surface area contributed by atoms with Crippen LogP contribution in [0.3, 0.4) is 0 Å². The molecule has 0 saturated heterocycles. The monoisotopic (exact) mass is 260 g/mol. The molecule has 3 rings (SSSR count). The van der Waals surface area contributed by atoms with E-state index in [2.05, 4.69) is 17.5 Å². The van der Waals surface area contributed by atoms with Gasteiger partial charge in [0.25, 0.3) is 0 Å². The van der Waals surface area contributed by atoms with Gasteiger partial charge in [0.1, 0.15) is 4.88 Å². The Morgan fingerprint density at radius 3 is 2.76 bits per heavy atom. The second kappa shape index (κ2) is 3.98. The summed E-state index contributed by atoms with van der Waals surface area (Å²) < 4.78 is 1.21. The number of hydrogen-bond donors (Lipinski definition) is 1. The number of carboxylic acid groups (broad SMARTS) is 1. The Labute approximate surface area is 106 Å². The van der Waals surface area contributed by atoms with E-state index in [1.165, 1.54) is 21.4 Å². The van der Waals surface area contributed by atoms with E-state index in [-0.39, 0.29) is 0 Å². The maximum atomic E-state index is 10.9. The molecule has 2 heterocycles. The number of rotatable bonds is 2. The molecule has 0 bridgehead atoms. The molecular weight excluding hydrogens is 252 g/mol. The lowest BCUT2D eigenvalue weighted by Crippen LogP contribution is -1.89. The molecule has 0 atom stereocenters. The van der Waals surface area contributed by atoms with Crippen molar-refractivity contribution in [1.82, 2.24) is 0 Å². The molecule has 0 fully saturated rings. The van der Waals surface area contributed by atoms with Gasteiger partial charge in [-0.05, 0) is 29.0 Å². The van der Waals surface area contributed by atoms with E-state index in [9.17, 15) is 4.79 Å². The fourth-order valence-corrected chi connectivity index (χ4v) is 3.65. The van der Waals surface area contributed by atoms with Gasteiger partial charge in [-0.1, -0.05) is 18.2 Å². The van der Waals surface area contributed by atoms with Gasteiger partial charge in [0, 0.05) is 15.1 Å². The van der Waals surface area contributed by atoms with E-state index in [4.69, 9.17) is 5.11 Å². The number of thiophene rings is 2. The zero-order valence-electron chi connectivity index (χ0n) is 8.71. The van der Waals surface area contributed by atoms with Crippen molar-refractivity contribution < 1.29 is 9.90 Å². The van der Waals surface area contributed by atoms with Crippen LogP contribution < -0.4 is 0 Å². The van der Waals surface area contributed by atoms with Gasteiger partial charge in [-0.3, -0.25) is 0 Å². The molecule has 2 aromatic heterocycles. The molecule has 0 unspecified atom stereocenters. The van der Waals surface area contributed by atoms with E-state index < -0.39 is 5.97 Å². The van der Waals surface area contributed by atoms with Gasteiger partial charge in [-0.25, -0.2) is 4.79 Å². The number of hydrogen-bond acceptors (Lipinski definition) is 3. The number of carboxylic acids is 1. The summed E-state index contributed by atoms with van der Waals surface area (Å²) in [5.74, 6) is -0.861. The Bertz CT molecular complexity index is 694. The Balaban J connectivity index is 2.19. The van der Waals surface area contributed by atoms with E-state index in [0.717, 1.165) is 10.4 Å². The summed E-state index contributed by atoms with van der Waals surface area (Å²) in [6.45, 7) is 0. The summed E-state index contributed by atoms with van der Waals surface area (Å²) in [7, 11) is 0. The summed E-state index contributed by atoms with van der Waals surface area (Å²) in [6, 6.07) is 11.7. The average Bonchev–Trinajstić information content (AvgIpc) is 2.97. The van der Waals surface area contributed by atoms with Crippen LogP contribution in [0.2, 0.25) is 0 Å². The van der Waals surface area contributed by atoms with Crippen LogP contribution >= 0.6 is 22.7 Å². The molecule has 4 heteroatoms. The van der Waals surface area contributed by atoms with Crippen LogP contribution in [0.5, 0.6) is 0 Å². The third kappa shape index (κ3) is 1.75. The molecule has 1 aromatic carbocycles. The highest BCUT2D eigenvalue weighted by Gasteiger charge is 2.10. The normalized spacial score (nSPS) is 10.8. The standard InChI is InChI=1S/C13H8O2S2/c14-13(15)11-5-4-10(17-11)9-3-1-2-8-6-7-16-12(8)9/h1-7H,(H,14,15). The first-order chi connectivity index (χ1) is 8.25. The number of fused-ring (bicyclic) bond motifs is 1. The fourth-order valence-electron chi connectivity index (χ4n) is 1.78. The van der Waals surface area contributed by atoms with Gasteiger partial charge in [-0.2, -0.15) is 0 Å². The Kier molecular flexibility index (Phi) is 2.46. The minimum atomic E-state index is -0.861. The molecule has 0 amide bonds. The largest absolute Gasteiger partial charge is 0.477 e. The second-order valence-electron chi connectivity index (χ2n) is 3.61. The van der Waals surface area contributed by atoms with Crippen molar-refractivity contribution >= 4 is 38.7 Å². The molecular formula is C13H8O2S2. The second-order valence-corrected chi connectivity index (χ2v) is 5.61. The number of carbonyl (C=O) groups is 1. The molecule has 84 valence electrons. The molecule has 0 aliphatic carbocycles. The van der Waals surface area contributed by atoms with Crippen LogP contribution in [0.1, 0.15) is 9.67 Å². The van der Waals surface area contributed by atoms with Crippen LogP contribution in [-0.2, 0) is 0 Å². The van der Waals surface area contributed by atoms with Gasteiger partial charge in [0.05, 0.1) is 0 Å². The molecule has 3 aromatic rings. The summed E-state index contributed by atoms with van der Waals surface area (Å²) in [5.41, 5.74) is 1.12. The van der Waals surface area contributed by atoms with Crippen LogP contribution in [0.15, 0.2) is 41.8 Å². The van der Waals surface area contributed by atoms with Gasteiger partial charge in [0.2, 0.25) is 0 Å². The van der Waals surface area contributed by atoms with Crippen molar-refractivity contribution in [2.75, 3.05) is 0 Å². The first kappa shape index (κ1) is 10.5. The van der Waals surface area contributed by atoms with Gasteiger partial charge >= 0.3 is 5.97 Å². The lowest BCUT2D eigenvalue weighted by Gasteiger charge is -1.98. The average molecular weight is 260 g/mol.